The van der Waals surface area contributed by atoms with Gasteiger partial charge in [0.15, 0.2) is 0 Å². The second kappa shape index (κ2) is 10.9. The summed E-state index contributed by atoms with van der Waals surface area (Å²) >= 11 is 6.85. The predicted octanol–water partition coefficient (Wildman–Crippen LogP) is 3.90. The normalized spacial score (nSPS) is 11.4. The SMILES string of the molecule is CCNCCNc1cc(Cl)ccc1CNc1cc(F)c(S(=O)(=O)Nc2ncns2)cc1F. The lowest BCUT2D eigenvalue weighted by molar-refractivity contribution is 0.557. The van der Waals surface area contributed by atoms with Crippen LogP contribution in [0.4, 0.5) is 25.3 Å². The van der Waals surface area contributed by atoms with E-state index in [1.54, 1.807) is 18.2 Å². The molecule has 0 bridgehead atoms. The van der Waals surface area contributed by atoms with Crippen molar-refractivity contribution in [3.05, 3.63) is 58.9 Å². The Morgan fingerprint density at radius 2 is 1.88 bits per heavy atom. The molecule has 2 aromatic carbocycles. The van der Waals surface area contributed by atoms with Gasteiger partial charge in [-0.2, -0.15) is 4.37 Å². The molecule has 172 valence electrons. The highest BCUT2D eigenvalue weighted by Gasteiger charge is 2.23. The van der Waals surface area contributed by atoms with Crippen LogP contribution in [0.5, 0.6) is 0 Å². The van der Waals surface area contributed by atoms with E-state index in [-0.39, 0.29) is 17.4 Å². The number of hydrogen-bond acceptors (Lipinski definition) is 8. The number of likely N-dealkylation sites (N-methyl/N-ethyl adjacent to an activating group) is 1. The monoisotopic (exact) mass is 502 g/mol. The maximum Gasteiger partial charge on any atom is 0.266 e. The summed E-state index contributed by atoms with van der Waals surface area (Å²) in [6.45, 7) is 4.41. The zero-order chi connectivity index (χ0) is 23.1. The fourth-order valence-electron chi connectivity index (χ4n) is 2.78. The average molecular weight is 503 g/mol. The molecule has 4 N–H and O–H groups in total. The second-order valence-corrected chi connectivity index (χ2v) is 9.42. The van der Waals surface area contributed by atoms with Gasteiger partial charge >= 0.3 is 0 Å². The molecule has 3 aromatic rings. The van der Waals surface area contributed by atoms with Crippen LogP contribution >= 0.6 is 23.1 Å². The van der Waals surface area contributed by atoms with Crippen molar-refractivity contribution < 1.29 is 17.2 Å². The van der Waals surface area contributed by atoms with Crippen molar-refractivity contribution in [1.82, 2.24) is 14.7 Å². The summed E-state index contributed by atoms with van der Waals surface area (Å²) in [5.74, 6) is -2.02. The van der Waals surface area contributed by atoms with Crippen LogP contribution in [-0.2, 0) is 16.6 Å². The number of nitrogens with one attached hydrogen (secondary N) is 4. The Kier molecular flexibility index (Phi) is 8.18. The van der Waals surface area contributed by atoms with E-state index in [0.717, 1.165) is 48.3 Å². The first kappa shape index (κ1) is 24.1. The van der Waals surface area contributed by atoms with Crippen LogP contribution in [0.25, 0.3) is 0 Å². The Hall–Kier alpha value is -2.54. The molecule has 0 amide bonds. The van der Waals surface area contributed by atoms with Gasteiger partial charge in [-0.3, -0.25) is 4.72 Å². The van der Waals surface area contributed by atoms with Crippen LogP contribution in [0.15, 0.2) is 41.6 Å². The number of hydrogen-bond donors (Lipinski definition) is 4. The molecule has 0 saturated heterocycles. The minimum absolute atomic E-state index is 0.0519. The Labute approximate surface area is 193 Å². The summed E-state index contributed by atoms with van der Waals surface area (Å²) < 4.78 is 59.6. The highest BCUT2D eigenvalue weighted by Crippen LogP contribution is 2.27. The minimum Gasteiger partial charge on any atom is -0.383 e. The molecule has 8 nitrogen and oxygen atoms in total. The number of aromatic nitrogens is 2. The first-order valence-electron chi connectivity index (χ1n) is 9.55. The molecule has 0 aliphatic carbocycles. The Morgan fingerprint density at radius 3 is 2.59 bits per heavy atom. The number of anilines is 3. The van der Waals surface area contributed by atoms with Crippen molar-refractivity contribution in [3.63, 3.8) is 0 Å². The smallest absolute Gasteiger partial charge is 0.266 e. The van der Waals surface area contributed by atoms with Crippen LogP contribution < -0.4 is 20.7 Å². The fourth-order valence-corrected chi connectivity index (χ4v) is 4.68. The highest BCUT2D eigenvalue weighted by molar-refractivity contribution is 7.93. The molecule has 0 fully saturated rings. The quantitative estimate of drug-likeness (QED) is 0.294. The third-order valence-corrected chi connectivity index (χ3v) is 6.60. The van der Waals surface area contributed by atoms with Crippen LogP contribution in [0.1, 0.15) is 12.5 Å². The van der Waals surface area contributed by atoms with E-state index in [4.69, 9.17) is 11.6 Å². The lowest BCUT2D eigenvalue weighted by Crippen LogP contribution is -2.22. The molecule has 0 saturated carbocycles. The predicted molar refractivity (Wildman–Crippen MR) is 123 cm³/mol. The van der Waals surface area contributed by atoms with Crippen molar-refractivity contribution in [2.45, 2.75) is 18.4 Å². The first-order chi connectivity index (χ1) is 15.3. The van der Waals surface area contributed by atoms with E-state index in [2.05, 4.69) is 30.0 Å². The standard InChI is InChI=1S/C19H21ClF2N6O2S2/c1-2-23-5-6-24-16-7-13(20)4-3-12(16)10-25-17-8-15(22)18(9-14(17)21)32(29,30)28-19-26-11-27-31-19/h3-4,7-9,11,23-25H,2,5-6,10H2,1H3,(H,26,27,28). The summed E-state index contributed by atoms with van der Waals surface area (Å²) in [6, 6.07) is 6.64. The zero-order valence-corrected chi connectivity index (χ0v) is 19.3. The maximum absolute atomic E-state index is 14.6. The van der Waals surface area contributed by atoms with Crippen LogP contribution in [0, 0.1) is 11.6 Å². The largest absolute Gasteiger partial charge is 0.383 e. The van der Waals surface area contributed by atoms with Crippen LogP contribution in [0.2, 0.25) is 5.02 Å². The summed E-state index contributed by atoms with van der Waals surface area (Å²) in [6.07, 6.45) is 1.15. The zero-order valence-electron chi connectivity index (χ0n) is 17.0. The Bertz CT molecular complexity index is 1160. The lowest BCUT2D eigenvalue weighted by atomic mass is 10.1. The summed E-state index contributed by atoms with van der Waals surface area (Å²) in [5, 5.41) is 9.73. The molecule has 0 atom stereocenters. The summed E-state index contributed by atoms with van der Waals surface area (Å²) in [7, 11) is -4.36. The van der Waals surface area contributed by atoms with Gasteiger partial charge < -0.3 is 16.0 Å². The van der Waals surface area contributed by atoms with Gasteiger partial charge in [-0.25, -0.2) is 22.2 Å². The Morgan fingerprint density at radius 1 is 1.06 bits per heavy atom. The molecule has 0 radical (unpaired) electrons. The van der Waals surface area contributed by atoms with E-state index in [0.29, 0.717) is 17.6 Å². The van der Waals surface area contributed by atoms with E-state index in [1.807, 2.05) is 6.92 Å². The fraction of sp³-hybridized carbons (Fsp3) is 0.263. The lowest BCUT2D eigenvalue weighted by Gasteiger charge is -2.15. The van der Waals surface area contributed by atoms with E-state index < -0.39 is 26.6 Å². The van der Waals surface area contributed by atoms with Crippen LogP contribution in [-0.4, -0.2) is 37.4 Å². The van der Waals surface area contributed by atoms with Gasteiger partial charge in [-0.1, -0.05) is 24.6 Å². The van der Waals surface area contributed by atoms with Gasteiger partial charge in [-0.05, 0) is 30.3 Å². The van der Waals surface area contributed by atoms with E-state index >= 15 is 0 Å². The van der Waals surface area contributed by atoms with Gasteiger partial charge in [-0.15, -0.1) is 0 Å². The van der Waals surface area contributed by atoms with E-state index in [9.17, 15) is 17.2 Å². The van der Waals surface area contributed by atoms with Gasteiger partial charge in [0.25, 0.3) is 10.0 Å². The van der Waals surface area contributed by atoms with Crippen molar-refractivity contribution >= 4 is 49.7 Å². The number of rotatable bonds is 11. The van der Waals surface area contributed by atoms with Gasteiger partial charge in [0.1, 0.15) is 22.9 Å². The molecule has 32 heavy (non-hydrogen) atoms. The number of benzene rings is 2. The molecular weight excluding hydrogens is 482 g/mol. The number of sulfonamides is 1. The number of halogens is 3. The molecule has 3 rings (SSSR count). The van der Waals surface area contributed by atoms with Crippen LogP contribution in [0.3, 0.4) is 0 Å². The highest BCUT2D eigenvalue weighted by atomic mass is 35.5. The summed E-state index contributed by atoms with van der Waals surface area (Å²) in [5.41, 5.74) is 1.36. The van der Waals surface area contributed by atoms with Gasteiger partial charge in [0, 0.05) is 47.9 Å². The second-order valence-electron chi connectivity index (χ2n) is 6.55. The molecule has 0 spiro atoms. The van der Waals surface area contributed by atoms with Gasteiger partial charge in [0.2, 0.25) is 5.13 Å². The van der Waals surface area contributed by atoms with Gasteiger partial charge in [0.05, 0.1) is 5.69 Å². The van der Waals surface area contributed by atoms with E-state index in [1.165, 1.54) is 0 Å². The molecule has 0 unspecified atom stereocenters. The molecule has 1 aromatic heterocycles. The van der Waals surface area contributed by atoms with Crippen molar-refractivity contribution in [1.29, 1.82) is 0 Å². The topological polar surface area (TPSA) is 108 Å². The molecule has 1 heterocycles. The van der Waals surface area contributed by atoms with Crippen molar-refractivity contribution in [2.24, 2.45) is 0 Å². The first-order valence-corrected chi connectivity index (χ1v) is 12.2. The van der Waals surface area contributed by atoms with Crippen molar-refractivity contribution in [3.8, 4) is 0 Å². The summed E-state index contributed by atoms with van der Waals surface area (Å²) in [4.78, 5) is 2.85. The Balaban J connectivity index is 1.74. The van der Waals surface area contributed by atoms with Crippen molar-refractivity contribution in [2.75, 3.05) is 35.0 Å². The molecule has 13 heteroatoms. The molecule has 0 aliphatic rings. The minimum atomic E-state index is -4.36. The average Bonchev–Trinajstić information content (AvgIpc) is 3.24. The molecular formula is C19H21ClF2N6O2S2. The number of nitrogens with zero attached hydrogens (tertiary/aromatic N) is 2. The third kappa shape index (κ3) is 6.25. The molecule has 0 aliphatic heterocycles. The maximum atomic E-state index is 14.6. The third-order valence-electron chi connectivity index (χ3n) is 4.30.